The number of rotatable bonds is 4. The lowest BCUT2D eigenvalue weighted by atomic mass is 10.1. The highest BCUT2D eigenvalue weighted by Gasteiger charge is 2.24. The number of aryl methyl sites for hydroxylation is 1. The number of nitrogens with one attached hydrogen (secondary N) is 1. The van der Waals surface area contributed by atoms with E-state index in [4.69, 9.17) is 0 Å². The monoisotopic (exact) mass is 425 g/mol. The van der Waals surface area contributed by atoms with Crippen LogP contribution in [-0.4, -0.2) is 22.1 Å². The molecule has 5 heteroatoms. The smallest absolute Gasteiger partial charge is 0.251 e. The summed E-state index contributed by atoms with van der Waals surface area (Å²) < 4.78 is 1.01. The molecule has 0 radical (unpaired) electrons. The van der Waals surface area contributed by atoms with Crippen LogP contribution >= 0.6 is 47.8 Å². The Bertz CT molecular complexity index is 416. The van der Waals surface area contributed by atoms with E-state index < -0.39 is 0 Å². The van der Waals surface area contributed by atoms with Crippen LogP contribution in [0.5, 0.6) is 0 Å². The Kier molecular flexibility index (Phi) is 5.67. The molecule has 0 bridgehead atoms. The first kappa shape index (κ1) is 15.2. The molecule has 0 spiro atoms. The zero-order valence-electron chi connectivity index (χ0n) is 9.69. The second-order valence-corrected chi connectivity index (χ2v) is 6.22. The molecule has 0 heterocycles. The maximum Gasteiger partial charge on any atom is 0.251 e. The van der Waals surface area contributed by atoms with E-state index in [1.165, 1.54) is 0 Å². The summed E-state index contributed by atoms with van der Waals surface area (Å²) >= 11 is 10.2. The molecule has 1 rings (SSSR count). The lowest BCUT2D eigenvalue weighted by molar-refractivity contribution is 0.0923. The molecule has 0 saturated heterocycles. The molecule has 2 nitrogen and oxygen atoms in total. The van der Waals surface area contributed by atoms with Gasteiger partial charge in [0.2, 0.25) is 0 Å². The number of halogens is 3. The van der Waals surface area contributed by atoms with Crippen molar-refractivity contribution in [3.63, 3.8) is 0 Å². The molecule has 94 valence electrons. The van der Waals surface area contributed by atoms with Crippen molar-refractivity contribution in [2.75, 3.05) is 10.7 Å². The number of benzene rings is 1. The first-order valence-corrected chi connectivity index (χ1v) is 8.16. The van der Waals surface area contributed by atoms with Gasteiger partial charge in [-0.2, -0.15) is 0 Å². The van der Waals surface area contributed by atoms with E-state index in [2.05, 4.69) is 53.1 Å². The Morgan fingerprint density at radius 2 is 1.94 bits per heavy atom. The van der Waals surface area contributed by atoms with Gasteiger partial charge in [0.25, 0.3) is 5.91 Å². The Labute approximate surface area is 127 Å². The van der Waals surface area contributed by atoms with E-state index in [1.807, 2.05) is 32.0 Å². The fourth-order valence-corrected chi connectivity index (χ4v) is 2.69. The Morgan fingerprint density at radius 3 is 2.41 bits per heavy atom. The maximum atomic E-state index is 12.1. The number of hydrogen-bond donors (Lipinski definition) is 1. The largest absolute Gasteiger partial charge is 0.345 e. The quantitative estimate of drug-likeness (QED) is 0.722. The predicted octanol–water partition coefficient (Wildman–Crippen LogP) is 4.04. The van der Waals surface area contributed by atoms with Crippen LogP contribution in [0, 0.1) is 6.92 Å². The van der Waals surface area contributed by atoms with E-state index in [-0.39, 0.29) is 11.4 Å². The molecule has 0 aliphatic rings. The van der Waals surface area contributed by atoms with Crippen LogP contribution in [0.3, 0.4) is 0 Å². The van der Waals surface area contributed by atoms with Crippen molar-refractivity contribution in [3.8, 4) is 0 Å². The Balaban J connectivity index is 2.86. The topological polar surface area (TPSA) is 29.1 Å². The second-order valence-electron chi connectivity index (χ2n) is 4.25. The van der Waals surface area contributed by atoms with Crippen molar-refractivity contribution >= 4 is 53.7 Å². The van der Waals surface area contributed by atoms with Gasteiger partial charge >= 0.3 is 0 Å². The fraction of sp³-hybridized carbons (Fsp3) is 0.417. The highest BCUT2D eigenvalue weighted by molar-refractivity contribution is 9.10. The van der Waals surface area contributed by atoms with E-state index in [9.17, 15) is 4.79 Å². The van der Waals surface area contributed by atoms with Crippen LogP contribution in [0.25, 0.3) is 0 Å². The lowest BCUT2D eigenvalue weighted by Gasteiger charge is -2.26. The first-order chi connectivity index (χ1) is 7.91. The summed E-state index contributed by atoms with van der Waals surface area (Å²) in [6.45, 7) is 3.95. The van der Waals surface area contributed by atoms with E-state index in [1.54, 1.807) is 0 Å². The lowest BCUT2D eigenvalue weighted by Crippen LogP contribution is -2.48. The molecular weight excluding hydrogens is 414 g/mol. The number of alkyl halides is 2. The predicted molar refractivity (Wildman–Crippen MR) is 82.3 cm³/mol. The van der Waals surface area contributed by atoms with E-state index in [0.29, 0.717) is 16.2 Å². The minimum Gasteiger partial charge on any atom is -0.345 e. The van der Waals surface area contributed by atoms with Crippen LogP contribution in [0.1, 0.15) is 22.8 Å². The second kappa shape index (κ2) is 6.34. The minimum absolute atomic E-state index is 0.0537. The van der Waals surface area contributed by atoms with Crippen molar-refractivity contribution in [2.24, 2.45) is 0 Å². The normalized spacial score (nSPS) is 11.4. The molecule has 0 saturated carbocycles. The third-order valence-electron chi connectivity index (χ3n) is 2.43. The molecule has 0 atom stereocenters. The van der Waals surface area contributed by atoms with Crippen molar-refractivity contribution in [1.82, 2.24) is 5.32 Å². The number of carbonyl (C=O) groups is 1. The standard InChI is InChI=1S/C12H14Br3NO/c1-8-5-9(3-4-10(8)15)11(17)16-12(2,6-13)7-14/h3-5H,6-7H2,1-2H3,(H,16,17). The summed E-state index contributed by atoms with van der Waals surface area (Å²) in [4.78, 5) is 12.1. The number of amides is 1. The van der Waals surface area contributed by atoms with Crippen LogP contribution in [0.15, 0.2) is 22.7 Å². The van der Waals surface area contributed by atoms with E-state index in [0.717, 1.165) is 10.0 Å². The molecular formula is C12H14Br3NO. The van der Waals surface area contributed by atoms with Gasteiger partial charge < -0.3 is 5.32 Å². The summed E-state index contributed by atoms with van der Waals surface area (Å²) in [6, 6.07) is 5.58. The average Bonchev–Trinajstić information content (AvgIpc) is 2.32. The zero-order valence-corrected chi connectivity index (χ0v) is 14.4. The van der Waals surface area contributed by atoms with Gasteiger partial charge in [-0.3, -0.25) is 4.79 Å². The van der Waals surface area contributed by atoms with Crippen LogP contribution in [0.2, 0.25) is 0 Å². The van der Waals surface area contributed by atoms with Crippen molar-refractivity contribution < 1.29 is 4.79 Å². The van der Waals surface area contributed by atoms with Crippen LogP contribution < -0.4 is 5.32 Å². The van der Waals surface area contributed by atoms with Gasteiger partial charge in [0.05, 0.1) is 5.54 Å². The molecule has 0 aromatic heterocycles. The summed E-state index contributed by atoms with van der Waals surface area (Å²) in [5, 5.41) is 4.41. The third-order valence-corrected chi connectivity index (χ3v) is 5.79. The highest BCUT2D eigenvalue weighted by atomic mass is 79.9. The molecule has 1 aromatic carbocycles. The molecule has 1 N–H and O–H groups in total. The Morgan fingerprint density at radius 1 is 1.35 bits per heavy atom. The van der Waals surface area contributed by atoms with Crippen molar-refractivity contribution in [2.45, 2.75) is 19.4 Å². The Hall–Kier alpha value is 0.130. The summed E-state index contributed by atoms with van der Waals surface area (Å²) in [5.74, 6) is -0.0537. The van der Waals surface area contributed by atoms with Gasteiger partial charge in [0.1, 0.15) is 0 Å². The first-order valence-electron chi connectivity index (χ1n) is 5.12. The summed E-state index contributed by atoms with van der Waals surface area (Å²) in [5.41, 5.74) is 1.45. The van der Waals surface area contributed by atoms with Crippen LogP contribution in [0.4, 0.5) is 0 Å². The fourth-order valence-electron chi connectivity index (χ4n) is 1.23. The molecule has 1 amide bonds. The number of hydrogen-bond acceptors (Lipinski definition) is 1. The summed E-state index contributed by atoms with van der Waals surface area (Å²) in [7, 11) is 0. The number of carbonyl (C=O) groups excluding carboxylic acids is 1. The molecule has 17 heavy (non-hydrogen) atoms. The van der Waals surface area contributed by atoms with Gasteiger partial charge in [-0.15, -0.1) is 0 Å². The molecule has 0 fully saturated rings. The molecule has 0 unspecified atom stereocenters. The van der Waals surface area contributed by atoms with Crippen molar-refractivity contribution in [1.29, 1.82) is 0 Å². The van der Waals surface area contributed by atoms with Gasteiger partial charge in [0.15, 0.2) is 0 Å². The third kappa shape index (κ3) is 4.07. The summed E-state index contributed by atoms with van der Waals surface area (Å²) in [6.07, 6.45) is 0. The average molecular weight is 428 g/mol. The molecule has 1 aromatic rings. The van der Waals surface area contributed by atoms with Crippen molar-refractivity contribution in [3.05, 3.63) is 33.8 Å². The van der Waals surface area contributed by atoms with E-state index >= 15 is 0 Å². The maximum absolute atomic E-state index is 12.1. The van der Waals surface area contributed by atoms with Crippen LogP contribution in [-0.2, 0) is 0 Å². The minimum atomic E-state index is -0.280. The molecule has 0 aliphatic carbocycles. The van der Waals surface area contributed by atoms with Gasteiger partial charge in [0, 0.05) is 20.7 Å². The van der Waals surface area contributed by atoms with Gasteiger partial charge in [-0.1, -0.05) is 47.8 Å². The SMILES string of the molecule is Cc1cc(C(=O)NC(C)(CBr)CBr)ccc1Br. The van der Waals surface area contributed by atoms with Gasteiger partial charge in [-0.25, -0.2) is 0 Å². The van der Waals surface area contributed by atoms with Gasteiger partial charge in [-0.05, 0) is 37.6 Å². The highest BCUT2D eigenvalue weighted by Crippen LogP contribution is 2.18. The molecule has 0 aliphatic heterocycles. The zero-order chi connectivity index (χ0) is 13.1.